The Labute approximate surface area is 102 Å². The van der Waals surface area contributed by atoms with Gasteiger partial charge in [0, 0.05) is 18.4 Å². The number of pyridine rings is 1. The zero-order chi connectivity index (χ0) is 12.1. The van der Waals surface area contributed by atoms with Crippen LogP contribution in [0.3, 0.4) is 0 Å². The normalized spacial score (nSPS) is 12.6. The monoisotopic (exact) mass is 230 g/mol. The van der Waals surface area contributed by atoms with Gasteiger partial charge in [0.15, 0.2) is 5.65 Å². The lowest BCUT2D eigenvalue weighted by Gasteiger charge is -2.13. The number of aromatic nitrogens is 3. The van der Waals surface area contributed by atoms with Gasteiger partial charge in [0.05, 0.1) is 0 Å². The molecule has 0 radical (unpaired) electrons. The molecule has 0 saturated carbocycles. The second-order valence-corrected chi connectivity index (χ2v) is 4.28. The highest BCUT2D eigenvalue weighted by atomic mass is 15.0. The number of rotatable bonds is 5. The van der Waals surface area contributed by atoms with Gasteiger partial charge < -0.3 is 5.32 Å². The molecule has 4 heteroatoms. The van der Waals surface area contributed by atoms with Crippen molar-refractivity contribution in [3.05, 3.63) is 24.5 Å². The SMILES string of the molecule is CCCCC(C)Nc1ccc2nccnc2n1. The molecule has 4 nitrogen and oxygen atoms in total. The summed E-state index contributed by atoms with van der Waals surface area (Å²) < 4.78 is 0. The summed E-state index contributed by atoms with van der Waals surface area (Å²) in [5.74, 6) is 0.876. The fourth-order valence-corrected chi connectivity index (χ4v) is 1.77. The minimum atomic E-state index is 0.441. The Morgan fingerprint density at radius 2 is 2.06 bits per heavy atom. The lowest BCUT2D eigenvalue weighted by molar-refractivity contribution is 0.643. The average Bonchev–Trinajstić information content (AvgIpc) is 2.36. The Bertz CT molecular complexity index is 484. The van der Waals surface area contributed by atoms with Gasteiger partial charge in [-0.1, -0.05) is 19.8 Å². The quantitative estimate of drug-likeness (QED) is 0.857. The van der Waals surface area contributed by atoms with Crippen molar-refractivity contribution in [2.24, 2.45) is 0 Å². The van der Waals surface area contributed by atoms with Crippen molar-refractivity contribution in [3.8, 4) is 0 Å². The van der Waals surface area contributed by atoms with Crippen LogP contribution in [-0.2, 0) is 0 Å². The van der Waals surface area contributed by atoms with E-state index in [2.05, 4.69) is 34.1 Å². The van der Waals surface area contributed by atoms with Crippen molar-refractivity contribution < 1.29 is 0 Å². The predicted octanol–water partition coefficient (Wildman–Crippen LogP) is 3.02. The molecule has 1 atom stereocenters. The number of nitrogens with one attached hydrogen (secondary N) is 1. The number of nitrogens with zero attached hydrogens (tertiary/aromatic N) is 3. The molecule has 0 spiro atoms. The Kier molecular flexibility index (Phi) is 3.85. The second-order valence-electron chi connectivity index (χ2n) is 4.28. The summed E-state index contributed by atoms with van der Waals surface area (Å²) in [4.78, 5) is 12.8. The van der Waals surface area contributed by atoms with Gasteiger partial charge in [0.1, 0.15) is 11.3 Å². The first kappa shape index (κ1) is 11.8. The highest BCUT2D eigenvalue weighted by Crippen LogP contribution is 2.12. The Hall–Kier alpha value is -1.71. The molecule has 90 valence electrons. The number of hydrogen-bond acceptors (Lipinski definition) is 4. The van der Waals surface area contributed by atoms with Crippen LogP contribution in [-0.4, -0.2) is 21.0 Å². The van der Waals surface area contributed by atoms with Gasteiger partial charge in [-0.05, 0) is 25.5 Å². The van der Waals surface area contributed by atoms with Crippen LogP contribution in [0, 0.1) is 0 Å². The van der Waals surface area contributed by atoms with Gasteiger partial charge in [0.2, 0.25) is 0 Å². The molecule has 2 aromatic heterocycles. The molecule has 0 bridgehead atoms. The van der Waals surface area contributed by atoms with E-state index < -0.39 is 0 Å². The van der Waals surface area contributed by atoms with Gasteiger partial charge >= 0.3 is 0 Å². The zero-order valence-electron chi connectivity index (χ0n) is 10.3. The average molecular weight is 230 g/mol. The van der Waals surface area contributed by atoms with Crippen LogP contribution in [0.25, 0.3) is 11.2 Å². The van der Waals surface area contributed by atoms with Crippen LogP contribution in [0.5, 0.6) is 0 Å². The highest BCUT2D eigenvalue weighted by Gasteiger charge is 2.04. The molecular weight excluding hydrogens is 212 g/mol. The summed E-state index contributed by atoms with van der Waals surface area (Å²) in [6.07, 6.45) is 6.97. The Morgan fingerprint density at radius 3 is 2.88 bits per heavy atom. The summed E-state index contributed by atoms with van der Waals surface area (Å²) >= 11 is 0. The highest BCUT2D eigenvalue weighted by molar-refractivity contribution is 5.71. The van der Waals surface area contributed by atoms with E-state index in [4.69, 9.17) is 0 Å². The van der Waals surface area contributed by atoms with Crippen LogP contribution in [0.4, 0.5) is 5.82 Å². The predicted molar refractivity (Wildman–Crippen MR) is 69.9 cm³/mol. The van der Waals surface area contributed by atoms with Crippen molar-refractivity contribution in [1.82, 2.24) is 15.0 Å². The molecule has 0 fully saturated rings. The van der Waals surface area contributed by atoms with Crippen LogP contribution in [0.15, 0.2) is 24.5 Å². The number of hydrogen-bond donors (Lipinski definition) is 1. The number of unbranched alkanes of at least 4 members (excludes halogenated alkanes) is 1. The van der Waals surface area contributed by atoms with Crippen LogP contribution < -0.4 is 5.32 Å². The molecule has 1 N–H and O–H groups in total. The van der Waals surface area contributed by atoms with Gasteiger partial charge in [-0.2, -0.15) is 0 Å². The first-order valence-corrected chi connectivity index (χ1v) is 6.14. The van der Waals surface area contributed by atoms with E-state index in [1.54, 1.807) is 12.4 Å². The Morgan fingerprint density at radius 1 is 1.24 bits per heavy atom. The van der Waals surface area contributed by atoms with Crippen LogP contribution in [0.2, 0.25) is 0 Å². The van der Waals surface area contributed by atoms with E-state index >= 15 is 0 Å². The minimum absolute atomic E-state index is 0.441. The van der Waals surface area contributed by atoms with E-state index in [9.17, 15) is 0 Å². The summed E-state index contributed by atoms with van der Waals surface area (Å²) in [5, 5.41) is 3.39. The molecule has 0 saturated heterocycles. The summed E-state index contributed by atoms with van der Waals surface area (Å²) in [6, 6.07) is 4.35. The van der Waals surface area contributed by atoms with E-state index in [1.807, 2.05) is 12.1 Å². The molecule has 0 aliphatic rings. The minimum Gasteiger partial charge on any atom is -0.368 e. The standard InChI is InChI=1S/C13H18N4/c1-3-4-5-10(2)16-12-7-6-11-13(17-12)15-9-8-14-11/h6-10H,3-5H2,1-2H3,(H,15,16,17). The fraction of sp³-hybridized carbons (Fsp3) is 0.462. The lowest BCUT2D eigenvalue weighted by Crippen LogP contribution is -2.15. The zero-order valence-corrected chi connectivity index (χ0v) is 10.3. The topological polar surface area (TPSA) is 50.7 Å². The van der Waals surface area contributed by atoms with Crippen molar-refractivity contribution >= 4 is 17.0 Å². The summed E-state index contributed by atoms with van der Waals surface area (Å²) in [5.41, 5.74) is 1.53. The second kappa shape index (κ2) is 5.57. The third kappa shape index (κ3) is 3.12. The van der Waals surface area contributed by atoms with Gasteiger partial charge in [0.25, 0.3) is 0 Å². The first-order chi connectivity index (χ1) is 8.29. The Balaban J connectivity index is 2.08. The van der Waals surface area contributed by atoms with Crippen LogP contribution in [0.1, 0.15) is 33.1 Å². The van der Waals surface area contributed by atoms with Gasteiger partial charge in [-0.3, -0.25) is 4.98 Å². The molecule has 2 heterocycles. The third-order valence-electron chi connectivity index (χ3n) is 2.72. The fourth-order valence-electron chi connectivity index (χ4n) is 1.77. The van der Waals surface area contributed by atoms with E-state index in [1.165, 1.54) is 12.8 Å². The molecule has 0 aromatic carbocycles. The van der Waals surface area contributed by atoms with Gasteiger partial charge in [-0.25, -0.2) is 9.97 Å². The molecule has 1 unspecified atom stereocenters. The number of anilines is 1. The molecule has 0 aliphatic heterocycles. The maximum atomic E-state index is 4.44. The number of fused-ring (bicyclic) bond motifs is 1. The molecule has 0 amide bonds. The maximum Gasteiger partial charge on any atom is 0.180 e. The van der Waals surface area contributed by atoms with Crippen molar-refractivity contribution in [2.45, 2.75) is 39.2 Å². The van der Waals surface area contributed by atoms with Crippen LogP contribution >= 0.6 is 0 Å². The summed E-state index contributed by atoms with van der Waals surface area (Å²) in [7, 11) is 0. The molecule has 2 rings (SSSR count). The van der Waals surface area contributed by atoms with Crippen molar-refractivity contribution in [2.75, 3.05) is 5.32 Å². The smallest absolute Gasteiger partial charge is 0.180 e. The van der Waals surface area contributed by atoms with E-state index in [0.717, 1.165) is 17.8 Å². The molecule has 2 aromatic rings. The molecule has 0 aliphatic carbocycles. The maximum absolute atomic E-state index is 4.44. The first-order valence-electron chi connectivity index (χ1n) is 6.14. The van der Waals surface area contributed by atoms with Gasteiger partial charge in [-0.15, -0.1) is 0 Å². The molecule has 17 heavy (non-hydrogen) atoms. The summed E-state index contributed by atoms with van der Waals surface area (Å²) in [6.45, 7) is 4.38. The van der Waals surface area contributed by atoms with E-state index in [0.29, 0.717) is 11.7 Å². The third-order valence-corrected chi connectivity index (χ3v) is 2.72. The molecular formula is C13H18N4. The van der Waals surface area contributed by atoms with Crippen molar-refractivity contribution in [3.63, 3.8) is 0 Å². The van der Waals surface area contributed by atoms with E-state index in [-0.39, 0.29) is 0 Å². The van der Waals surface area contributed by atoms with Crippen molar-refractivity contribution in [1.29, 1.82) is 0 Å². The lowest BCUT2D eigenvalue weighted by atomic mass is 10.1. The largest absolute Gasteiger partial charge is 0.368 e.